The van der Waals surface area contributed by atoms with E-state index in [1.165, 1.54) is 11.1 Å². The van der Waals surface area contributed by atoms with Crippen LogP contribution in [0.15, 0.2) is 24.3 Å². The van der Waals surface area contributed by atoms with Crippen LogP contribution in [0.2, 0.25) is 0 Å². The average molecular weight is 287 g/mol. The molecule has 114 valence electrons. The van der Waals surface area contributed by atoms with Crippen LogP contribution < -0.4 is 5.32 Å². The van der Waals surface area contributed by atoms with Crippen molar-refractivity contribution in [3.8, 4) is 0 Å². The van der Waals surface area contributed by atoms with Crippen molar-refractivity contribution in [3.63, 3.8) is 0 Å². The summed E-state index contributed by atoms with van der Waals surface area (Å²) in [6.45, 7) is 8.62. The van der Waals surface area contributed by atoms with Gasteiger partial charge in [0.05, 0.1) is 5.92 Å². The summed E-state index contributed by atoms with van der Waals surface area (Å²) in [4.78, 5) is 17.4. The fourth-order valence-electron chi connectivity index (χ4n) is 3.37. The van der Waals surface area contributed by atoms with E-state index in [1.54, 1.807) is 0 Å². The number of carbonyl (C=O) groups is 1. The second-order valence-corrected chi connectivity index (χ2v) is 6.88. The summed E-state index contributed by atoms with van der Waals surface area (Å²) >= 11 is 0. The molecule has 3 rings (SSSR count). The first kappa shape index (κ1) is 14.5. The Morgan fingerprint density at radius 2 is 2.05 bits per heavy atom. The lowest BCUT2D eigenvalue weighted by molar-refractivity contribution is -0.137. The minimum Gasteiger partial charge on any atom is -0.339 e. The monoisotopic (exact) mass is 287 g/mol. The fourth-order valence-corrected chi connectivity index (χ4v) is 3.37. The molecule has 1 aromatic carbocycles. The Bertz CT molecular complexity index is 541. The van der Waals surface area contributed by atoms with Gasteiger partial charge in [-0.3, -0.25) is 9.69 Å². The molecule has 1 unspecified atom stereocenters. The number of nitrogens with one attached hydrogen (secondary N) is 1. The molecule has 2 heterocycles. The topological polar surface area (TPSA) is 35.6 Å². The molecule has 2 aliphatic rings. The average Bonchev–Trinajstić information content (AvgIpc) is 2.48. The Hall–Kier alpha value is -1.39. The van der Waals surface area contributed by atoms with Crippen LogP contribution in [-0.2, 0) is 11.3 Å². The lowest BCUT2D eigenvalue weighted by atomic mass is 9.89. The maximum Gasteiger partial charge on any atom is 0.231 e. The third-order valence-electron chi connectivity index (χ3n) is 5.02. The number of likely N-dealkylation sites (N-methyl/N-ethyl adjacent to an activating group) is 1. The van der Waals surface area contributed by atoms with Crippen molar-refractivity contribution in [2.75, 3.05) is 33.2 Å². The molecule has 4 nitrogen and oxygen atoms in total. The second-order valence-electron chi connectivity index (χ2n) is 6.88. The lowest BCUT2D eigenvalue weighted by Gasteiger charge is -2.46. The maximum absolute atomic E-state index is 13.0. The van der Waals surface area contributed by atoms with Crippen LogP contribution >= 0.6 is 0 Å². The zero-order valence-electron chi connectivity index (χ0n) is 13.2. The van der Waals surface area contributed by atoms with E-state index in [1.807, 2.05) is 12.1 Å². The summed E-state index contributed by atoms with van der Waals surface area (Å²) in [5.41, 5.74) is 2.52. The van der Waals surface area contributed by atoms with Crippen molar-refractivity contribution >= 4 is 5.91 Å². The molecule has 1 saturated heterocycles. The van der Waals surface area contributed by atoms with Crippen molar-refractivity contribution in [2.24, 2.45) is 0 Å². The van der Waals surface area contributed by atoms with Gasteiger partial charge in [0.15, 0.2) is 0 Å². The SMILES string of the molecule is CN1CCN(C(=O)C2CNCc3ccccc32)CC1(C)C. The molecule has 4 heteroatoms. The van der Waals surface area contributed by atoms with E-state index in [-0.39, 0.29) is 17.4 Å². The van der Waals surface area contributed by atoms with Gasteiger partial charge < -0.3 is 10.2 Å². The van der Waals surface area contributed by atoms with Gasteiger partial charge in [0.25, 0.3) is 0 Å². The van der Waals surface area contributed by atoms with Crippen LogP contribution in [0, 0.1) is 0 Å². The van der Waals surface area contributed by atoms with Gasteiger partial charge in [-0.2, -0.15) is 0 Å². The molecule has 0 spiro atoms. The summed E-state index contributed by atoms with van der Waals surface area (Å²) in [6.07, 6.45) is 0. The minimum absolute atomic E-state index is 0.0332. The van der Waals surface area contributed by atoms with E-state index in [0.717, 1.165) is 32.7 Å². The molecule has 0 bridgehead atoms. The molecular weight excluding hydrogens is 262 g/mol. The van der Waals surface area contributed by atoms with E-state index < -0.39 is 0 Å². The number of benzene rings is 1. The number of rotatable bonds is 1. The Labute approximate surface area is 127 Å². The first-order valence-corrected chi connectivity index (χ1v) is 7.77. The number of fused-ring (bicyclic) bond motifs is 1. The van der Waals surface area contributed by atoms with Crippen LogP contribution in [0.25, 0.3) is 0 Å². The summed E-state index contributed by atoms with van der Waals surface area (Å²) in [5.74, 6) is 0.241. The van der Waals surface area contributed by atoms with Gasteiger partial charge in [0, 0.05) is 38.3 Å². The van der Waals surface area contributed by atoms with Crippen molar-refractivity contribution in [2.45, 2.75) is 31.8 Å². The minimum atomic E-state index is -0.0332. The predicted molar refractivity (Wildman–Crippen MR) is 84.2 cm³/mol. The van der Waals surface area contributed by atoms with Gasteiger partial charge in [-0.1, -0.05) is 24.3 Å². The van der Waals surface area contributed by atoms with Gasteiger partial charge >= 0.3 is 0 Å². The van der Waals surface area contributed by atoms with Gasteiger partial charge in [-0.05, 0) is 32.0 Å². The summed E-state index contributed by atoms with van der Waals surface area (Å²) in [6, 6.07) is 8.32. The second kappa shape index (κ2) is 5.43. The smallest absolute Gasteiger partial charge is 0.231 e. The van der Waals surface area contributed by atoms with Crippen molar-refractivity contribution in [3.05, 3.63) is 35.4 Å². The zero-order chi connectivity index (χ0) is 15.0. The summed E-state index contributed by atoms with van der Waals surface area (Å²) < 4.78 is 0. The van der Waals surface area contributed by atoms with E-state index in [2.05, 4.69) is 48.1 Å². The molecule has 0 aliphatic carbocycles. The van der Waals surface area contributed by atoms with Gasteiger partial charge in [-0.15, -0.1) is 0 Å². The molecule has 2 aliphatic heterocycles. The Morgan fingerprint density at radius 3 is 2.81 bits per heavy atom. The van der Waals surface area contributed by atoms with E-state index in [0.29, 0.717) is 0 Å². The number of hydrogen-bond donors (Lipinski definition) is 1. The van der Waals surface area contributed by atoms with E-state index >= 15 is 0 Å². The van der Waals surface area contributed by atoms with Gasteiger partial charge in [0.1, 0.15) is 0 Å². The summed E-state index contributed by atoms with van der Waals surface area (Å²) in [5, 5.41) is 3.38. The first-order valence-electron chi connectivity index (χ1n) is 7.77. The molecule has 1 amide bonds. The number of piperazine rings is 1. The Morgan fingerprint density at radius 1 is 1.29 bits per heavy atom. The van der Waals surface area contributed by atoms with Crippen molar-refractivity contribution in [1.29, 1.82) is 0 Å². The number of amides is 1. The van der Waals surface area contributed by atoms with Crippen LogP contribution in [-0.4, -0.2) is 54.5 Å². The van der Waals surface area contributed by atoms with Crippen molar-refractivity contribution in [1.82, 2.24) is 15.1 Å². The fraction of sp³-hybridized carbons (Fsp3) is 0.588. The van der Waals surface area contributed by atoms with Crippen LogP contribution in [0.1, 0.15) is 30.9 Å². The number of carbonyl (C=O) groups excluding carboxylic acids is 1. The van der Waals surface area contributed by atoms with Gasteiger partial charge in [0.2, 0.25) is 5.91 Å². The van der Waals surface area contributed by atoms with E-state index in [9.17, 15) is 4.79 Å². The molecular formula is C17H25N3O. The molecule has 1 aromatic rings. The van der Waals surface area contributed by atoms with Crippen LogP contribution in [0.3, 0.4) is 0 Å². The zero-order valence-corrected chi connectivity index (χ0v) is 13.2. The van der Waals surface area contributed by atoms with Crippen molar-refractivity contribution < 1.29 is 4.79 Å². The molecule has 0 saturated carbocycles. The number of nitrogens with zero attached hydrogens (tertiary/aromatic N) is 2. The molecule has 21 heavy (non-hydrogen) atoms. The Balaban J connectivity index is 1.81. The third-order valence-corrected chi connectivity index (χ3v) is 5.02. The highest BCUT2D eigenvalue weighted by Gasteiger charge is 2.37. The normalized spacial score (nSPS) is 25.5. The van der Waals surface area contributed by atoms with Crippen LogP contribution in [0.4, 0.5) is 0 Å². The highest BCUT2D eigenvalue weighted by atomic mass is 16.2. The first-order chi connectivity index (χ1) is 9.99. The predicted octanol–water partition coefficient (Wildman–Crippen LogP) is 1.43. The molecule has 1 fully saturated rings. The quantitative estimate of drug-likeness (QED) is 0.849. The highest BCUT2D eigenvalue weighted by Crippen LogP contribution is 2.28. The standard InChI is InChI=1S/C17H25N3O/c1-17(2)12-20(9-8-19(17)3)16(21)15-11-18-10-13-6-4-5-7-14(13)15/h4-7,15,18H,8-12H2,1-3H3. The lowest BCUT2D eigenvalue weighted by Crippen LogP contribution is -2.60. The van der Waals surface area contributed by atoms with Crippen LogP contribution in [0.5, 0.6) is 0 Å². The molecule has 0 radical (unpaired) electrons. The third kappa shape index (κ3) is 2.70. The van der Waals surface area contributed by atoms with E-state index in [4.69, 9.17) is 0 Å². The molecule has 1 atom stereocenters. The number of hydrogen-bond acceptors (Lipinski definition) is 3. The molecule has 1 N–H and O–H groups in total. The summed E-state index contributed by atoms with van der Waals surface area (Å²) in [7, 11) is 2.14. The largest absolute Gasteiger partial charge is 0.339 e. The van der Waals surface area contributed by atoms with Gasteiger partial charge in [-0.25, -0.2) is 0 Å². The Kier molecular flexibility index (Phi) is 3.76. The highest BCUT2D eigenvalue weighted by molar-refractivity contribution is 5.85. The maximum atomic E-state index is 13.0. The molecule has 0 aromatic heterocycles.